The van der Waals surface area contributed by atoms with Gasteiger partial charge in [-0.05, 0) is 19.9 Å². The first-order valence-corrected chi connectivity index (χ1v) is 4.15. The van der Waals surface area contributed by atoms with Gasteiger partial charge in [0.15, 0.2) is 5.67 Å². The molecule has 0 aliphatic carbocycles. The Morgan fingerprint density at radius 2 is 1.92 bits per heavy atom. The van der Waals surface area contributed by atoms with E-state index in [0.717, 1.165) is 0 Å². The first kappa shape index (κ1) is 10.1. The van der Waals surface area contributed by atoms with Crippen LogP contribution in [0.4, 0.5) is 8.78 Å². The Kier molecular flexibility index (Phi) is 2.66. The van der Waals surface area contributed by atoms with Crippen LogP contribution in [0.15, 0.2) is 24.3 Å². The molecule has 0 bridgehead atoms. The van der Waals surface area contributed by atoms with Crippen LogP contribution in [-0.2, 0) is 5.67 Å². The normalized spacial score (nSPS) is 17.9. The van der Waals surface area contributed by atoms with Crippen molar-refractivity contribution in [2.24, 2.45) is 5.73 Å². The third kappa shape index (κ3) is 1.86. The highest BCUT2D eigenvalue weighted by molar-refractivity contribution is 5.25. The van der Waals surface area contributed by atoms with Crippen LogP contribution in [0.5, 0.6) is 0 Å². The van der Waals surface area contributed by atoms with Gasteiger partial charge in [0.05, 0.1) is 0 Å². The van der Waals surface area contributed by atoms with Gasteiger partial charge in [-0.15, -0.1) is 0 Å². The molecule has 0 fully saturated rings. The molecule has 1 rings (SSSR count). The first-order valence-electron chi connectivity index (χ1n) is 4.15. The lowest BCUT2D eigenvalue weighted by Gasteiger charge is -2.25. The molecule has 2 unspecified atom stereocenters. The smallest absolute Gasteiger partial charge is 0.150 e. The summed E-state index contributed by atoms with van der Waals surface area (Å²) in [6.07, 6.45) is 0. The zero-order valence-corrected chi connectivity index (χ0v) is 7.72. The van der Waals surface area contributed by atoms with Gasteiger partial charge in [-0.1, -0.05) is 18.2 Å². The average molecular weight is 185 g/mol. The predicted molar refractivity (Wildman–Crippen MR) is 48.5 cm³/mol. The standard InChI is InChI=1S/C10H13F2N/c1-7(13)10(2,12)8-5-3-4-6-9(8)11/h3-7H,13H2,1-2H3. The second kappa shape index (κ2) is 3.42. The summed E-state index contributed by atoms with van der Waals surface area (Å²) < 4.78 is 27.0. The number of rotatable bonds is 2. The maximum atomic E-state index is 13.8. The van der Waals surface area contributed by atoms with E-state index in [1.807, 2.05) is 0 Å². The summed E-state index contributed by atoms with van der Waals surface area (Å²) in [5, 5.41) is 0. The topological polar surface area (TPSA) is 26.0 Å². The average Bonchev–Trinajstić information content (AvgIpc) is 2.04. The van der Waals surface area contributed by atoms with Gasteiger partial charge >= 0.3 is 0 Å². The molecule has 72 valence electrons. The summed E-state index contributed by atoms with van der Waals surface area (Å²) in [6.45, 7) is 2.81. The Hall–Kier alpha value is -0.960. The molecule has 1 nitrogen and oxygen atoms in total. The quantitative estimate of drug-likeness (QED) is 0.752. The monoisotopic (exact) mass is 185 g/mol. The van der Waals surface area contributed by atoms with E-state index < -0.39 is 17.5 Å². The molecular weight excluding hydrogens is 172 g/mol. The van der Waals surface area contributed by atoms with Gasteiger partial charge in [-0.3, -0.25) is 0 Å². The van der Waals surface area contributed by atoms with E-state index in [2.05, 4.69) is 0 Å². The Balaban J connectivity index is 3.14. The third-order valence-corrected chi connectivity index (χ3v) is 2.26. The molecule has 0 saturated carbocycles. The van der Waals surface area contributed by atoms with Crippen LogP contribution in [0.1, 0.15) is 19.4 Å². The van der Waals surface area contributed by atoms with Crippen molar-refractivity contribution in [1.82, 2.24) is 0 Å². The van der Waals surface area contributed by atoms with Crippen molar-refractivity contribution in [3.63, 3.8) is 0 Å². The van der Waals surface area contributed by atoms with Gasteiger partial charge in [0, 0.05) is 11.6 Å². The molecule has 1 aromatic rings. The summed E-state index contributed by atoms with van der Waals surface area (Å²) in [6, 6.07) is 5.03. The number of halogens is 2. The van der Waals surface area contributed by atoms with E-state index >= 15 is 0 Å². The van der Waals surface area contributed by atoms with Crippen molar-refractivity contribution >= 4 is 0 Å². The predicted octanol–water partition coefficient (Wildman–Crippen LogP) is 2.36. The second-order valence-corrected chi connectivity index (χ2v) is 3.34. The molecule has 3 heteroatoms. The molecule has 2 N–H and O–H groups in total. The molecule has 0 radical (unpaired) electrons. The molecule has 0 heterocycles. The lowest BCUT2D eigenvalue weighted by atomic mass is 9.91. The van der Waals surface area contributed by atoms with Gasteiger partial charge in [0.25, 0.3) is 0 Å². The van der Waals surface area contributed by atoms with Crippen molar-refractivity contribution in [2.45, 2.75) is 25.6 Å². The third-order valence-electron chi connectivity index (χ3n) is 2.26. The molecule has 0 aliphatic heterocycles. The van der Waals surface area contributed by atoms with E-state index in [1.54, 1.807) is 6.07 Å². The second-order valence-electron chi connectivity index (χ2n) is 3.34. The van der Waals surface area contributed by atoms with Gasteiger partial charge in [0.1, 0.15) is 5.82 Å². The number of hydrogen-bond acceptors (Lipinski definition) is 1. The Bertz CT molecular complexity index is 295. The summed E-state index contributed by atoms with van der Waals surface area (Å²) >= 11 is 0. The maximum absolute atomic E-state index is 13.8. The van der Waals surface area contributed by atoms with Crippen LogP contribution in [0.3, 0.4) is 0 Å². The SMILES string of the molecule is CC(N)C(C)(F)c1ccccc1F. The fourth-order valence-corrected chi connectivity index (χ4v) is 1.10. The van der Waals surface area contributed by atoms with Crippen LogP contribution < -0.4 is 5.73 Å². The fraction of sp³-hybridized carbons (Fsp3) is 0.400. The van der Waals surface area contributed by atoms with E-state index in [4.69, 9.17) is 5.73 Å². The van der Waals surface area contributed by atoms with Gasteiger partial charge in [-0.2, -0.15) is 0 Å². The first-order chi connectivity index (χ1) is 5.96. The Morgan fingerprint density at radius 3 is 2.38 bits per heavy atom. The van der Waals surface area contributed by atoms with E-state index in [-0.39, 0.29) is 5.56 Å². The van der Waals surface area contributed by atoms with Crippen LogP contribution >= 0.6 is 0 Å². The molecular formula is C10H13F2N. The number of benzene rings is 1. The summed E-state index contributed by atoms with van der Waals surface area (Å²) in [5.74, 6) is -0.551. The van der Waals surface area contributed by atoms with Crippen molar-refractivity contribution in [3.05, 3.63) is 35.6 Å². The lowest BCUT2D eigenvalue weighted by molar-refractivity contribution is 0.152. The highest BCUT2D eigenvalue weighted by atomic mass is 19.1. The van der Waals surface area contributed by atoms with Crippen LogP contribution in [0.25, 0.3) is 0 Å². The maximum Gasteiger partial charge on any atom is 0.150 e. The van der Waals surface area contributed by atoms with Crippen LogP contribution in [0.2, 0.25) is 0 Å². The van der Waals surface area contributed by atoms with Gasteiger partial charge < -0.3 is 5.73 Å². The Morgan fingerprint density at radius 1 is 1.38 bits per heavy atom. The Labute approximate surface area is 76.6 Å². The summed E-state index contributed by atoms with van der Waals surface area (Å²) in [4.78, 5) is 0. The van der Waals surface area contributed by atoms with E-state index in [1.165, 1.54) is 32.0 Å². The number of nitrogens with two attached hydrogens (primary N) is 1. The zero-order chi connectivity index (χ0) is 10.1. The highest BCUT2D eigenvalue weighted by Gasteiger charge is 2.32. The van der Waals surface area contributed by atoms with Crippen molar-refractivity contribution < 1.29 is 8.78 Å². The largest absolute Gasteiger partial charge is 0.325 e. The number of alkyl halides is 1. The number of hydrogen-bond donors (Lipinski definition) is 1. The van der Waals surface area contributed by atoms with Crippen LogP contribution in [0, 0.1) is 5.82 Å². The van der Waals surface area contributed by atoms with Crippen molar-refractivity contribution in [1.29, 1.82) is 0 Å². The lowest BCUT2D eigenvalue weighted by Crippen LogP contribution is -2.37. The highest BCUT2D eigenvalue weighted by Crippen LogP contribution is 2.29. The molecule has 0 aliphatic rings. The molecule has 0 amide bonds. The van der Waals surface area contributed by atoms with Gasteiger partial charge in [-0.25, -0.2) is 8.78 Å². The fourth-order valence-electron chi connectivity index (χ4n) is 1.10. The zero-order valence-electron chi connectivity index (χ0n) is 7.72. The molecule has 13 heavy (non-hydrogen) atoms. The van der Waals surface area contributed by atoms with Crippen molar-refractivity contribution in [2.75, 3.05) is 0 Å². The molecule has 0 saturated heterocycles. The van der Waals surface area contributed by atoms with Crippen molar-refractivity contribution in [3.8, 4) is 0 Å². The summed E-state index contributed by atoms with van der Waals surface area (Å²) in [7, 11) is 0. The molecule has 2 atom stereocenters. The summed E-state index contributed by atoms with van der Waals surface area (Å²) in [5.41, 5.74) is 3.63. The van der Waals surface area contributed by atoms with Gasteiger partial charge in [0.2, 0.25) is 0 Å². The molecule has 0 spiro atoms. The minimum Gasteiger partial charge on any atom is -0.325 e. The minimum absolute atomic E-state index is 0.0185. The minimum atomic E-state index is -1.81. The van der Waals surface area contributed by atoms with E-state index in [9.17, 15) is 8.78 Å². The molecule has 0 aromatic heterocycles. The van der Waals surface area contributed by atoms with E-state index in [0.29, 0.717) is 0 Å². The molecule has 1 aromatic carbocycles. The van der Waals surface area contributed by atoms with Crippen LogP contribution in [-0.4, -0.2) is 6.04 Å².